The predicted octanol–water partition coefficient (Wildman–Crippen LogP) is 0.861. The quantitative estimate of drug-likeness (QED) is 0.839. The van der Waals surface area contributed by atoms with Crippen molar-refractivity contribution in [2.75, 3.05) is 5.32 Å². The fourth-order valence-electron chi connectivity index (χ4n) is 1.54. The number of anilines is 1. The molecule has 0 aliphatic rings. The second-order valence-electron chi connectivity index (χ2n) is 4.08. The molecule has 0 bridgehead atoms. The van der Waals surface area contributed by atoms with Gasteiger partial charge in [-0.1, -0.05) is 6.07 Å². The summed E-state index contributed by atoms with van der Waals surface area (Å²) in [5.74, 6) is 0.568. The number of hydrogen-bond acceptors (Lipinski definition) is 4. The predicted molar refractivity (Wildman–Crippen MR) is 68.4 cm³/mol. The van der Waals surface area contributed by atoms with Crippen LogP contribution in [0.5, 0.6) is 0 Å². The van der Waals surface area contributed by atoms with Gasteiger partial charge in [0.05, 0.1) is 11.7 Å². The van der Waals surface area contributed by atoms with Crippen molar-refractivity contribution >= 4 is 11.6 Å². The highest BCUT2D eigenvalue weighted by Crippen LogP contribution is 2.15. The molecule has 94 valence electrons. The van der Waals surface area contributed by atoms with Gasteiger partial charge in [-0.05, 0) is 32.0 Å². The minimum atomic E-state index is -0.537. The van der Waals surface area contributed by atoms with Crippen molar-refractivity contribution in [1.29, 1.82) is 0 Å². The van der Waals surface area contributed by atoms with E-state index in [0.29, 0.717) is 5.69 Å². The van der Waals surface area contributed by atoms with Gasteiger partial charge in [0.15, 0.2) is 0 Å². The van der Waals surface area contributed by atoms with Crippen LogP contribution in [-0.4, -0.2) is 26.7 Å². The summed E-state index contributed by atoms with van der Waals surface area (Å²) in [5.41, 5.74) is 7.09. The van der Waals surface area contributed by atoms with Crippen LogP contribution in [0.4, 0.5) is 5.69 Å². The van der Waals surface area contributed by atoms with Gasteiger partial charge in [0.1, 0.15) is 12.2 Å². The van der Waals surface area contributed by atoms with E-state index < -0.39 is 6.04 Å². The Morgan fingerprint density at radius 3 is 2.89 bits per heavy atom. The van der Waals surface area contributed by atoms with E-state index in [1.165, 1.54) is 0 Å². The Bertz CT molecular complexity index is 561. The largest absolute Gasteiger partial charge is 0.325 e. The van der Waals surface area contributed by atoms with E-state index in [1.54, 1.807) is 13.3 Å². The van der Waals surface area contributed by atoms with E-state index in [0.717, 1.165) is 11.5 Å². The molecule has 6 nitrogen and oxygen atoms in total. The Hall–Kier alpha value is -2.21. The van der Waals surface area contributed by atoms with Crippen molar-refractivity contribution in [1.82, 2.24) is 14.8 Å². The first-order valence-electron chi connectivity index (χ1n) is 5.61. The maximum Gasteiger partial charge on any atom is 0.240 e. The molecule has 2 aromatic rings. The zero-order valence-corrected chi connectivity index (χ0v) is 10.3. The fourth-order valence-corrected chi connectivity index (χ4v) is 1.54. The summed E-state index contributed by atoms with van der Waals surface area (Å²) >= 11 is 0. The van der Waals surface area contributed by atoms with Gasteiger partial charge in [-0.25, -0.2) is 0 Å². The molecule has 2 rings (SSSR count). The molecular weight excluding hydrogens is 230 g/mol. The van der Waals surface area contributed by atoms with Crippen LogP contribution in [0.2, 0.25) is 0 Å². The van der Waals surface area contributed by atoms with Gasteiger partial charge in [0.2, 0.25) is 5.91 Å². The van der Waals surface area contributed by atoms with Gasteiger partial charge < -0.3 is 11.1 Å². The number of amides is 1. The lowest BCUT2D eigenvalue weighted by Gasteiger charge is -2.10. The number of hydrogen-bond donors (Lipinski definition) is 2. The summed E-state index contributed by atoms with van der Waals surface area (Å²) in [6.07, 6.45) is 1.63. The lowest BCUT2D eigenvalue weighted by Crippen LogP contribution is -2.32. The molecule has 0 saturated carbocycles. The van der Waals surface area contributed by atoms with Gasteiger partial charge in [0, 0.05) is 5.69 Å². The number of nitrogens with one attached hydrogen (secondary N) is 1. The number of rotatable bonds is 3. The smallest absolute Gasteiger partial charge is 0.240 e. The molecule has 0 saturated heterocycles. The number of aryl methyl sites for hydroxylation is 1. The Balaban J connectivity index is 2.26. The van der Waals surface area contributed by atoms with Crippen LogP contribution in [0.1, 0.15) is 12.7 Å². The zero-order valence-electron chi connectivity index (χ0n) is 10.3. The summed E-state index contributed by atoms with van der Waals surface area (Å²) < 4.78 is 1.83. The number of carbonyl (C=O) groups is 1. The Morgan fingerprint density at radius 2 is 2.28 bits per heavy atom. The molecule has 1 aromatic heterocycles. The second-order valence-corrected chi connectivity index (χ2v) is 4.08. The van der Waals surface area contributed by atoms with Gasteiger partial charge >= 0.3 is 0 Å². The van der Waals surface area contributed by atoms with Gasteiger partial charge in [-0.2, -0.15) is 0 Å². The number of carbonyl (C=O) groups excluding carboxylic acids is 1. The molecule has 0 radical (unpaired) electrons. The van der Waals surface area contributed by atoms with Crippen molar-refractivity contribution in [3.8, 4) is 5.69 Å². The molecule has 0 aliphatic heterocycles. The SMILES string of the molecule is Cc1nncn1-c1cccc(NC(=O)C(C)N)c1. The first kappa shape index (κ1) is 12.3. The van der Waals surface area contributed by atoms with Crippen molar-refractivity contribution < 1.29 is 4.79 Å². The molecule has 0 aliphatic carbocycles. The monoisotopic (exact) mass is 245 g/mol. The molecule has 1 aromatic carbocycles. The van der Waals surface area contributed by atoms with Crippen molar-refractivity contribution in [3.05, 3.63) is 36.4 Å². The van der Waals surface area contributed by atoms with E-state index in [-0.39, 0.29) is 5.91 Å². The Morgan fingerprint density at radius 1 is 1.50 bits per heavy atom. The summed E-state index contributed by atoms with van der Waals surface area (Å²) in [7, 11) is 0. The summed E-state index contributed by atoms with van der Waals surface area (Å²) in [5, 5.41) is 10.5. The van der Waals surface area contributed by atoms with Gasteiger partial charge in [-0.3, -0.25) is 9.36 Å². The van der Waals surface area contributed by atoms with Crippen molar-refractivity contribution in [3.63, 3.8) is 0 Å². The van der Waals surface area contributed by atoms with E-state index >= 15 is 0 Å². The molecule has 3 N–H and O–H groups in total. The molecule has 0 fully saturated rings. The third-order valence-corrected chi connectivity index (χ3v) is 2.52. The average molecular weight is 245 g/mol. The summed E-state index contributed by atoms with van der Waals surface area (Å²) in [6, 6.07) is 6.88. The average Bonchev–Trinajstić information content (AvgIpc) is 2.75. The number of benzene rings is 1. The van der Waals surface area contributed by atoms with Crippen LogP contribution in [0, 0.1) is 6.92 Å². The van der Waals surface area contributed by atoms with E-state index in [4.69, 9.17) is 5.73 Å². The molecule has 6 heteroatoms. The second kappa shape index (κ2) is 4.97. The van der Waals surface area contributed by atoms with Crippen LogP contribution in [-0.2, 0) is 4.79 Å². The van der Waals surface area contributed by atoms with Crippen LogP contribution >= 0.6 is 0 Å². The Kier molecular flexibility index (Phi) is 3.38. The molecule has 0 spiro atoms. The van der Waals surface area contributed by atoms with Crippen LogP contribution < -0.4 is 11.1 Å². The molecule has 1 heterocycles. The van der Waals surface area contributed by atoms with Gasteiger partial charge in [-0.15, -0.1) is 10.2 Å². The fraction of sp³-hybridized carbons (Fsp3) is 0.250. The highest BCUT2D eigenvalue weighted by molar-refractivity contribution is 5.94. The molecule has 1 unspecified atom stereocenters. The van der Waals surface area contributed by atoms with E-state index in [2.05, 4.69) is 15.5 Å². The highest BCUT2D eigenvalue weighted by Gasteiger charge is 2.08. The van der Waals surface area contributed by atoms with Crippen molar-refractivity contribution in [2.45, 2.75) is 19.9 Å². The molecule has 1 amide bonds. The van der Waals surface area contributed by atoms with Crippen LogP contribution in [0.3, 0.4) is 0 Å². The van der Waals surface area contributed by atoms with Crippen molar-refractivity contribution in [2.24, 2.45) is 5.73 Å². The Labute approximate surface area is 105 Å². The maximum atomic E-state index is 11.5. The normalized spacial score (nSPS) is 12.2. The molecule has 18 heavy (non-hydrogen) atoms. The maximum absolute atomic E-state index is 11.5. The topological polar surface area (TPSA) is 85.8 Å². The highest BCUT2D eigenvalue weighted by atomic mass is 16.2. The first-order chi connectivity index (χ1) is 8.58. The standard InChI is InChI=1S/C12H15N5O/c1-8(13)12(18)15-10-4-3-5-11(6-10)17-7-14-16-9(17)2/h3-8H,13H2,1-2H3,(H,15,18). The summed E-state index contributed by atoms with van der Waals surface area (Å²) in [6.45, 7) is 3.50. The summed E-state index contributed by atoms with van der Waals surface area (Å²) in [4.78, 5) is 11.5. The molecule has 1 atom stereocenters. The zero-order chi connectivity index (χ0) is 13.1. The minimum Gasteiger partial charge on any atom is -0.325 e. The van der Waals surface area contributed by atoms with Crippen LogP contribution in [0.25, 0.3) is 5.69 Å². The third-order valence-electron chi connectivity index (χ3n) is 2.52. The number of nitrogens with two attached hydrogens (primary N) is 1. The first-order valence-corrected chi connectivity index (χ1v) is 5.61. The minimum absolute atomic E-state index is 0.215. The van der Waals surface area contributed by atoms with E-state index in [1.807, 2.05) is 35.8 Å². The van der Waals surface area contributed by atoms with Gasteiger partial charge in [0.25, 0.3) is 0 Å². The van der Waals surface area contributed by atoms with E-state index in [9.17, 15) is 4.79 Å². The number of nitrogens with zero attached hydrogens (tertiary/aromatic N) is 3. The number of aromatic nitrogens is 3. The third kappa shape index (κ3) is 2.54. The lowest BCUT2D eigenvalue weighted by molar-refractivity contribution is -0.117. The lowest BCUT2D eigenvalue weighted by atomic mass is 10.2. The molecular formula is C12H15N5O. The van der Waals surface area contributed by atoms with Crippen LogP contribution in [0.15, 0.2) is 30.6 Å².